The largest absolute Gasteiger partial charge is 0.508 e. The smallest absolute Gasteiger partial charge is 0.115 e. The molecule has 0 aromatic heterocycles. The molecule has 1 heterocycles. The van der Waals surface area contributed by atoms with Crippen LogP contribution < -0.4 is 0 Å². The summed E-state index contributed by atoms with van der Waals surface area (Å²) in [6.07, 6.45) is 2.64. The molecule has 1 saturated heterocycles. The molecule has 2 aromatic carbocycles. The Hall–Kier alpha value is -1.49. The van der Waals surface area contributed by atoms with Crippen molar-refractivity contribution < 1.29 is 10.2 Å². The van der Waals surface area contributed by atoms with E-state index < -0.39 is 0 Å². The number of hydrogen-bond donors (Lipinski definition) is 2. The van der Waals surface area contributed by atoms with Crippen LogP contribution in [0.15, 0.2) is 59.5 Å². The summed E-state index contributed by atoms with van der Waals surface area (Å²) in [5.41, 5.74) is 1.29. The van der Waals surface area contributed by atoms with Gasteiger partial charge >= 0.3 is 0 Å². The average molecular weight is 343 g/mol. The Bertz CT molecular complexity index is 617. The molecule has 3 rings (SSSR count). The van der Waals surface area contributed by atoms with Gasteiger partial charge in [-0.1, -0.05) is 30.3 Å². The van der Waals surface area contributed by atoms with E-state index in [1.807, 2.05) is 42.1 Å². The topological polar surface area (TPSA) is 43.7 Å². The van der Waals surface area contributed by atoms with Gasteiger partial charge in [-0.25, -0.2) is 0 Å². The van der Waals surface area contributed by atoms with Crippen molar-refractivity contribution in [1.82, 2.24) is 4.90 Å². The monoisotopic (exact) mass is 343 g/mol. The van der Waals surface area contributed by atoms with Gasteiger partial charge in [0.15, 0.2) is 0 Å². The molecule has 24 heavy (non-hydrogen) atoms. The van der Waals surface area contributed by atoms with Crippen molar-refractivity contribution >= 4 is 11.8 Å². The Morgan fingerprint density at radius 3 is 2.58 bits per heavy atom. The van der Waals surface area contributed by atoms with E-state index in [9.17, 15) is 10.2 Å². The highest BCUT2D eigenvalue weighted by molar-refractivity contribution is 8.00. The fraction of sp³-hybridized carbons (Fsp3) is 0.400. The van der Waals surface area contributed by atoms with Gasteiger partial charge in [-0.2, -0.15) is 0 Å². The number of hydrogen-bond acceptors (Lipinski definition) is 4. The van der Waals surface area contributed by atoms with Gasteiger partial charge in [-0.15, -0.1) is 11.8 Å². The van der Waals surface area contributed by atoms with E-state index in [4.69, 9.17) is 0 Å². The highest BCUT2D eigenvalue weighted by Crippen LogP contribution is 2.30. The van der Waals surface area contributed by atoms with Gasteiger partial charge in [0.2, 0.25) is 0 Å². The number of nitrogens with zero attached hydrogens (tertiary/aromatic N) is 1. The number of thioether (sulfide) groups is 1. The minimum absolute atomic E-state index is 0.261. The minimum Gasteiger partial charge on any atom is -0.508 e. The van der Waals surface area contributed by atoms with Crippen molar-refractivity contribution in [2.24, 2.45) is 0 Å². The molecule has 1 aliphatic heterocycles. The maximum absolute atomic E-state index is 10.3. The van der Waals surface area contributed by atoms with Crippen molar-refractivity contribution in [2.75, 3.05) is 19.6 Å². The lowest BCUT2D eigenvalue weighted by Gasteiger charge is -2.20. The third kappa shape index (κ3) is 5.26. The van der Waals surface area contributed by atoms with Crippen LogP contribution in [0.4, 0.5) is 0 Å². The van der Waals surface area contributed by atoms with Crippen molar-refractivity contribution in [1.29, 1.82) is 0 Å². The van der Waals surface area contributed by atoms with E-state index in [2.05, 4.69) is 17.0 Å². The number of β-amino-alcohol motifs (C(OH)–C–C–N with tert-alkyl or cyclic N) is 1. The number of aryl methyl sites for hydroxylation is 1. The SMILES string of the molecule is Oc1ccc(SC2CCN(CC(O)CCc3ccccc3)C2)cc1. The first kappa shape index (κ1) is 17.3. The van der Waals surface area contributed by atoms with Gasteiger partial charge in [0.25, 0.3) is 0 Å². The molecule has 4 heteroatoms. The first-order valence-corrected chi connectivity index (χ1v) is 9.47. The molecule has 1 fully saturated rings. The predicted octanol–water partition coefficient (Wildman–Crippen LogP) is 3.55. The molecular formula is C20H25NO2S. The number of phenolic OH excluding ortho intramolecular Hbond substituents is 1. The fourth-order valence-electron chi connectivity index (χ4n) is 3.14. The molecular weight excluding hydrogens is 318 g/mol. The van der Waals surface area contributed by atoms with Crippen molar-refractivity contribution in [2.45, 2.75) is 35.5 Å². The van der Waals surface area contributed by atoms with E-state index in [-0.39, 0.29) is 6.10 Å². The Morgan fingerprint density at radius 2 is 1.83 bits per heavy atom. The van der Waals surface area contributed by atoms with E-state index in [0.717, 1.165) is 38.9 Å². The number of rotatable bonds is 7. The number of likely N-dealkylation sites (tertiary alicyclic amines) is 1. The van der Waals surface area contributed by atoms with Crippen LogP contribution in [-0.2, 0) is 6.42 Å². The van der Waals surface area contributed by atoms with Crippen LogP contribution in [0.3, 0.4) is 0 Å². The molecule has 0 aliphatic carbocycles. The van der Waals surface area contributed by atoms with Crippen LogP contribution >= 0.6 is 11.8 Å². The second kappa shape index (κ2) is 8.56. The summed E-state index contributed by atoms with van der Waals surface area (Å²) in [6.45, 7) is 2.84. The van der Waals surface area contributed by atoms with Gasteiger partial charge < -0.3 is 10.2 Å². The van der Waals surface area contributed by atoms with Gasteiger partial charge in [-0.3, -0.25) is 4.90 Å². The summed E-state index contributed by atoms with van der Waals surface area (Å²) in [7, 11) is 0. The molecule has 2 N–H and O–H groups in total. The summed E-state index contributed by atoms with van der Waals surface area (Å²) in [5.74, 6) is 0.314. The van der Waals surface area contributed by atoms with Crippen molar-refractivity contribution in [3.8, 4) is 5.75 Å². The van der Waals surface area contributed by atoms with Crippen LogP contribution in [0.25, 0.3) is 0 Å². The quantitative estimate of drug-likeness (QED) is 0.807. The Kier molecular flexibility index (Phi) is 6.18. The molecule has 0 amide bonds. The van der Waals surface area contributed by atoms with E-state index in [1.54, 1.807) is 12.1 Å². The summed E-state index contributed by atoms with van der Waals surface area (Å²) >= 11 is 1.87. The molecule has 2 aromatic rings. The molecule has 0 radical (unpaired) electrons. The van der Waals surface area contributed by atoms with Crippen LogP contribution in [0.2, 0.25) is 0 Å². The third-order valence-corrected chi connectivity index (χ3v) is 5.71. The summed E-state index contributed by atoms with van der Waals surface area (Å²) in [6, 6.07) is 17.8. The molecule has 2 unspecified atom stereocenters. The number of aliphatic hydroxyl groups is 1. The van der Waals surface area contributed by atoms with E-state index in [0.29, 0.717) is 11.0 Å². The second-order valence-corrected chi connectivity index (χ2v) is 7.83. The Morgan fingerprint density at radius 1 is 1.08 bits per heavy atom. The van der Waals surface area contributed by atoms with Crippen LogP contribution in [0.1, 0.15) is 18.4 Å². The van der Waals surface area contributed by atoms with Gasteiger partial charge in [0, 0.05) is 23.2 Å². The zero-order valence-electron chi connectivity index (χ0n) is 13.8. The molecule has 1 aliphatic rings. The molecule has 2 atom stereocenters. The molecule has 0 spiro atoms. The third-order valence-electron chi connectivity index (χ3n) is 4.45. The fourth-order valence-corrected chi connectivity index (χ4v) is 4.33. The minimum atomic E-state index is -0.261. The van der Waals surface area contributed by atoms with Crippen molar-refractivity contribution in [3.63, 3.8) is 0 Å². The maximum atomic E-state index is 10.3. The number of benzene rings is 2. The van der Waals surface area contributed by atoms with Gasteiger partial charge in [-0.05, 0) is 55.6 Å². The molecule has 0 saturated carbocycles. The standard InChI is InChI=1S/C20H25NO2S/c22-17-8-10-19(11-9-17)24-20-12-13-21(15-20)14-18(23)7-6-16-4-2-1-3-5-16/h1-5,8-11,18,20,22-23H,6-7,12-15H2. The van der Waals surface area contributed by atoms with Gasteiger partial charge in [0.05, 0.1) is 6.10 Å². The van der Waals surface area contributed by atoms with Crippen LogP contribution in [-0.4, -0.2) is 46.1 Å². The molecule has 3 nitrogen and oxygen atoms in total. The van der Waals surface area contributed by atoms with E-state index >= 15 is 0 Å². The summed E-state index contributed by atoms with van der Waals surface area (Å²) < 4.78 is 0. The lowest BCUT2D eigenvalue weighted by molar-refractivity contribution is 0.117. The lowest BCUT2D eigenvalue weighted by atomic mass is 10.1. The number of phenols is 1. The first-order chi connectivity index (χ1) is 11.7. The summed E-state index contributed by atoms with van der Waals surface area (Å²) in [4.78, 5) is 3.57. The normalized spacial score (nSPS) is 19.5. The molecule has 128 valence electrons. The van der Waals surface area contributed by atoms with E-state index in [1.165, 1.54) is 10.5 Å². The first-order valence-electron chi connectivity index (χ1n) is 8.59. The zero-order valence-corrected chi connectivity index (χ0v) is 14.7. The van der Waals surface area contributed by atoms with Crippen LogP contribution in [0.5, 0.6) is 5.75 Å². The number of aliphatic hydroxyl groups excluding tert-OH is 1. The highest BCUT2D eigenvalue weighted by atomic mass is 32.2. The Labute approximate surface area is 148 Å². The zero-order chi connectivity index (χ0) is 16.8. The summed E-state index contributed by atoms with van der Waals surface area (Å²) in [5, 5.41) is 20.2. The average Bonchev–Trinajstić information content (AvgIpc) is 3.03. The van der Waals surface area contributed by atoms with Crippen molar-refractivity contribution in [3.05, 3.63) is 60.2 Å². The predicted molar refractivity (Wildman–Crippen MR) is 99.6 cm³/mol. The number of aromatic hydroxyl groups is 1. The van der Waals surface area contributed by atoms with Gasteiger partial charge in [0.1, 0.15) is 5.75 Å². The second-order valence-electron chi connectivity index (χ2n) is 6.46. The van der Waals surface area contributed by atoms with Crippen LogP contribution in [0, 0.1) is 0 Å². The maximum Gasteiger partial charge on any atom is 0.115 e. The lowest BCUT2D eigenvalue weighted by Crippen LogP contribution is -2.31. The highest BCUT2D eigenvalue weighted by Gasteiger charge is 2.24. The molecule has 0 bridgehead atoms. The Balaban J connectivity index is 1.40.